The molecule has 2 aromatic carbocycles. The van der Waals surface area contributed by atoms with E-state index in [0.29, 0.717) is 6.61 Å². The quantitative estimate of drug-likeness (QED) is 0.721. The molecule has 0 saturated heterocycles. The van der Waals surface area contributed by atoms with Gasteiger partial charge in [-0.3, -0.25) is 4.79 Å². The Morgan fingerprint density at radius 3 is 2.71 bits per heavy atom. The maximum atomic E-state index is 12.1. The topological polar surface area (TPSA) is 42.1 Å². The molecular weight excluding hydrogens is 262 g/mol. The molecule has 0 aliphatic carbocycles. The number of carbonyl (C=O) groups is 1. The summed E-state index contributed by atoms with van der Waals surface area (Å²) in [5.41, 5.74) is 2.11. The monoisotopic (exact) mass is 281 g/mol. The van der Waals surface area contributed by atoms with E-state index in [1.165, 1.54) is 10.8 Å². The van der Waals surface area contributed by atoms with Crippen LogP contribution in [0.1, 0.15) is 31.7 Å². The number of rotatable bonds is 4. The van der Waals surface area contributed by atoms with E-state index in [9.17, 15) is 4.79 Å². The van der Waals surface area contributed by atoms with Gasteiger partial charge < -0.3 is 9.72 Å². The molecule has 0 aliphatic rings. The van der Waals surface area contributed by atoms with Crippen LogP contribution in [0.5, 0.6) is 0 Å². The number of H-pyrrole nitrogens is 1. The second-order valence-corrected chi connectivity index (χ2v) is 5.17. The van der Waals surface area contributed by atoms with Gasteiger partial charge >= 0.3 is 5.97 Å². The fourth-order valence-electron chi connectivity index (χ4n) is 2.94. The fourth-order valence-corrected chi connectivity index (χ4v) is 2.94. The van der Waals surface area contributed by atoms with Crippen molar-refractivity contribution in [3.05, 3.63) is 48.2 Å². The number of esters is 1. The van der Waals surface area contributed by atoms with E-state index < -0.39 is 0 Å². The van der Waals surface area contributed by atoms with Gasteiger partial charge in [0.1, 0.15) is 0 Å². The predicted molar refractivity (Wildman–Crippen MR) is 85.5 cm³/mol. The predicted octanol–water partition coefficient (Wildman–Crippen LogP) is 4.38. The average Bonchev–Trinajstić information content (AvgIpc) is 2.93. The highest BCUT2D eigenvalue weighted by Crippen LogP contribution is 2.32. The number of aromatic amines is 1. The summed E-state index contributed by atoms with van der Waals surface area (Å²) < 4.78 is 5.20. The molecule has 0 spiro atoms. The maximum Gasteiger partial charge on any atom is 0.313 e. The number of benzene rings is 2. The summed E-state index contributed by atoms with van der Waals surface area (Å²) in [6.45, 7) is 4.27. The molecular formula is C18H19NO2. The van der Waals surface area contributed by atoms with Crippen LogP contribution in [0, 0.1) is 0 Å². The van der Waals surface area contributed by atoms with Gasteiger partial charge in [0.05, 0.1) is 18.0 Å². The minimum atomic E-state index is -0.208. The first-order chi connectivity index (χ1) is 10.3. The van der Waals surface area contributed by atoms with Gasteiger partial charge in [0.25, 0.3) is 0 Å². The summed E-state index contributed by atoms with van der Waals surface area (Å²) in [4.78, 5) is 15.5. The van der Waals surface area contributed by atoms with Crippen molar-refractivity contribution in [3.8, 4) is 0 Å². The molecule has 3 rings (SSSR count). The van der Waals surface area contributed by atoms with Gasteiger partial charge in [0.15, 0.2) is 0 Å². The lowest BCUT2D eigenvalue weighted by molar-refractivity contribution is -0.145. The van der Waals surface area contributed by atoms with E-state index in [1.54, 1.807) is 0 Å². The Morgan fingerprint density at radius 2 is 1.95 bits per heavy atom. The third-order valence-corrected chi connectivity index (χ3v) is 3.97. The normalized spacial score (nSPS) is 12.7. The molecule has 1 unspecified atom stereocenters. The summed E-state index contributed by atoms with van der Waals surface area (Å²) in [6.07, 6.45) is 2.68. The smallest absolute Gasteiger partial charge is 0.313 e. The van der Waals surface area contributed by atoms with Crippen LogP contribution >= 0.6 is 0 Å². The zero-order chi connectivity index (χ0) is 14.8. The number of carbonyl (C=O) groups excluding carboxylic acids is 1. The third-order valence-electron chi connectivity index (χ3n) is 3.97. The molecule has 0 fully saturated rings. The molecule has 0 radical (unpaired) electrons. The molecule has 1 aromatic heterocycles. The summed E-state index contributed by atoms with van der Waals surface area (Å²) in [7, 11) is 0. The van der Waals surface area contributed by atoms with Crippen LogP contribution in [0.4, 0.5) is 0 Å². The largest absolute Gasteiger partial charge is 0.466 e. The number of ether oxygens (including phenoxy) is 1. The number of hydrogen-bond donors (Lipinski definition) is 1. The highest BCUT2D eigenvalue weighted by Gasteiger charge is 2.23. The summed E-state index contributed by atoms with van der Waals surface area (Å²) in [6, 6.07) is 12.5. The average molecular weight is 281 g/mol. The first-order valence-electron chi connectivity index (χ1n) is 7.41. The maximum absolute atomic E-state index is 12.1. The van der Waals surface area contributed by atoms with Crippen molar-refractivity contribution in [2.75, 3.05) is 6.61 Å². The molecule has 3 nitrogen and oxygen atoms in total. The zero-order valence-electron chi connectivity index (χ0n) is 12.3. The van der Waals surface area contributed by atoms with Gasteiger partial charge in [-0.05, 0) is 24.3 Å². The van der Waals surface area contributed by atoms with E-state index in [1.807, 2.05) is 32.2 Å². The van der Waals surface area contributed by atoms with E-state index >= 15 is 0 Å². The fraction of sp³-hybridized carbons (Fsp3) is 0.278. The van der Waals surface area contributed by atoms with Crippen LogP contribution in [-0.2, 0) is 9.53 Å². The van der Waals surface area contributed by atoms with Crippen LogP contribution in [0.2, 0.25) is 0 Å². The van der Waals surface area contributed by atoms with Crippen molar-refractivity contribution >= 4 is 27.6 Å². The third kappa shape index (κ3) is 2.29. The van der Waals surface area contributed by atoms with Crippen LogP contribution in [0.15, 0.2) is 42.6 Å². The van der Waals surface area contributed by atoms with Gasteiger partial charge in [0, 0.05) is 17.0 Å². The molecule has 3 aromatic rings. The van der Waals surface area contributed by atoms with Crippen molar-refractivity contribution < 1.29 is 9.53 Å². The van der Waals surface area contributed by atoms with E-state index in [2.05, 4.69) is 29.2 Å². The van der Waals surface area contributed by atoms with Crippen molar-refractivity contribution in [2.45, 2.75) is 26.2 Å². The van der Waals surface area contributed by atoms with Gasteiger partial charge in [-0.25, -0.2) is 0 Å². The minimum absolute atomic E-state index is 0.144. The number of hydrogen-bond acceptors (Lipinski definition) is 2. The van der Waals surface area contributed by atoms with Gasteiger partial charge in [-0.15, -0.1) is 0 Å². The second-order valence-electron chi connectivity index (χ2n) is 5.17. The standard InChI is InChI=1S/C18H19NO2/c1-3-13(18(20)21-4-2)16-11-19-17-14-8-6-5-7-12(14)9-10-15(16)17/h5-11,13,19H,3-4H2,1-2H3. The van der Waals surface area contributed by atoms with Crippen LogP contribution < -0.4 is 0 Å². The Bertz CT molecular complexity index is 788. The van der Waals surface area contributed by atoms with Crippen molar-refractivity contribution in [1.29, 1.82) is 0 Å². The van der Waals surface area contributed by atoms with Crippen LogP contribution in [-0.4, -0.2) is 17.6 Å². The molecule has 1 N–H and O–H groups in total. The molecule has 0 bridgehead atoms. The lowest BCUT2D eigenvalue weighted by atomic mass is 9.95. The van der Waals surface area contributed by atoms with Crippen molar-refractivity contribution in [2.24, 2.45) is 0 Å². The van der Waals surface area contributed by atoms with Crippen molar-refractivity contribution in [1.82, 2.24) is 4.98 Å². The van der Waals surface area contributed by atoms with E-state index in [4.69, 9.17) is 4.74 Å². The van der Waals surface area contributed by atoms with Crippen LogP contribution in [0.3, 0.4) is 0 Å². The Hall–Kier alpha value is -2.29. The number of nitrogens with one attached hydrogen (secondary N) is 1. The molecule has 3 heteroatoms. The SMILES string of the molecule is CCOC(=O)C(CC)c1c[nH]c2c1ccc1ccccc12. The molecule has 108 valence electrons. The van der Waals surface area contributed by atoms with E-state index in [0.717, 1.165) is 22.9 Å². The summed E-state index contributed by atoms with van der Waals surface area (Å²) >= 11 is 0. The van der Waals surface area contributed by atoms with Crippen molar-refractivity contribution in [3.63, 3.8) is 0 Å². The second kappa shape index (κ2) is 5.60. The number of aromatic nitrogens is 1. The Labute approximate surface area is 123 Å². The lowest BCUT2D eigenvalue weighted by Gasteiger charge is -2.13. The molecule has 21 heavy (non-hydrogen) atoms. The van der Waals surface area contributed by atoms with Gasteiger partial charge in [-0.1, -0.05) is 43.3 Å². The molecule has 0 aliphatic heterocycles. The van der Waals surface area contributed by atoms with Crippen LogP contribution in [0.25, 0.3) is 21.7 Å². The zero-order valence-corrected chi connectivity index (χ0v) is 12.3. The van der Waals surface area contributed by atoms with E-state index in [-0.39, 0.29) is 11.9 Å². The Kier molecular flexibility index (Phi) is 3.65. The highest BCUT2D eigenvalue weighted by molar-refractivity contribution is 6.07. The lowest BCUT2D eigenvalue weighted by Crippen LogP contribution is -2.14. The molecule has 1 atom stereocenters. The van der Waals surface area contributed by atoms with Gasteiger partial charge in [0.2, 0.25) is 0 Å². The first kappa shape index (κ1) is 13.7. The minimum Gasteiger partial charge on any atom is -0.466 e. The summed E-state index contributed by atoms with van der Waals surface area (Å²) in [5, 5.41) is 3.48. The Morgan fingerprint density at radius 1 is 1.14 bits per heavy atom. The Balaban J connectivity index is 2.15. The molecule has 0 amide bonds. The van der Waals surface area contributed by atoms with Gasteiger partial charge in [-0.2, -0.15) is 0 Å². The highest BCUT2D eigenvalue weighted by atomic mass is 16.5. The summed E-state index contributed by atoms with van der Waals surface area (Å²) in [5.74, 6) is -0.353. The molecule has 0 saturated carbocycles. The number of fused-ring (bicyclic) bond motifs is 3. The first-order valence-corrected chi connectivity index (χ1v) is 7.41. The molecule has 1 heterocycles.